The second-order valence-electron chi connectivity index (χ2n) is 6.05. The predicted octanol–water partition coefficient (Wildman–Crippen LogP) is 3.74. The minimum Gasteiger partial charge on any atom is -0.468 e. The van der Waals surface area contributed by atoms with Gasteiger partial charge in [-0.3, -0.25) is 9.59 Å². The van der Waals surface area contributed by atoms with Gasteiger partial charge in [0.05, 0.1) is 12.0 Å². The van der Waals surface area contributed by atoms with Gasteiger partial charge in [0.25, 0.3) is 5.91 Å². The molecule has 0 bridgehead atoms. The first-order chi connectivity index (χ1) is 11.6. The number of esters is 1. The number of hydrogen-bond acceptors (Lipinski definition) is 4. The Morgan fingerprint density at radius 1 is 1.38 bits per heavy atom. The molecule has 1 aromatic rings. The SMILES string of the molecule is COC(=O)CN1C(=O)/C(=C/c2ccccc2Cl)SC2CCCCC21. The number of carbonyl (C=O) groups excluding carboxylic acids is 2. The number of rotatable bonds is 3. The molecule has 128 valence electrons. The van der Waals surface area contributed by atoms with Gasteiger partial charge < -0.3 is 9.64 Å². The normalized spacial score (nSPS) is 25.5. The smallest absolute Gasteiger partial charge is 0.325 e. The summed E-state index contributed by atoms with van der Waals surface area (Å²) in [6.45, 7) is 0.0108. The van der Waals surface area contributed by atoms with Crippen LogP contribution in [0.2, 0.25) is 5.02 Å². The summed E-state index contributed by atoms with van der Waals surface area (Å²) in [5, 5.41) is 0.943. The van der Waals surface area contributed by atoms with Gasteiger partial charge in [-0.25, -0.2) is 0 Å². The van der Waals surface area contributed by atoms with E-state index in [2.05, 4.69) is 0 Å². The summed E-state index contributed by atoms with van der Waals surface area (Å²) < 4.78 is 4.77. The Balaban J connectivity index is 1.91. The van der Waals surface area contributed by atoms with E-state index < -0.39 is 0 Å². The van der Waals surface area contributed by atoms with Gasteiger partial charge in [0.2, 0.25) is 0 Å². The molecule has 2 unspecified atom stereocenters. The third-order valence-electron chi connectivity index (χ3n) is 4.54. The van der Waals surface area contributed by atoms with E-state index in [0.717, 1.165) is 31.2 Å². The minimum atomic E-state index is -0.378. The van der Waals surface area contributed by atoms with Crippen molar-refractivity contribution >= 4 is 41.3 Å². The summed E-state index contributed by atoms with van der Waals surface area (Å²) >= 11 is 7.84. The fourth-order valence-electron chi connectivity index (χ4n) is 3.30. The fraction of sp³-hybridized carbons (Fsp3) is 0.444. The maximum atomic E-state index is 12.9. The maximum absolute atomic E-state index is 12.9. The van der Waals surface area contributed by atoms with Gasteiger partial charge in [-0.1, -0.05) is 42.6 Å². The van der Waals surface area contributed by atoms with Crippen molar-refractivity contribution in [2.45, 2.75) is 37.0 Å². The lowest BCUT2D eigenvalue weighted by Gasteiger charge is -2.43. The first-order valence-corrected chi connectivity index (χ1v) is 9.36. The summed E-state index contributed by atoms with van der Waals surface area (Å²) in [6.07, 6.45) is 6.09. The monoisotopic (exact) mass is 365 g/mol. The summed E-state index contributed by atoms with van der Waals surface area (Å²) in [4.78, 5) is 27.0. The van der Waals surface area contributed by atoms with Crippen LogP contribution in [0.4, 0.5) is 0 Å². The van der Waals surface area contributed by atoms with E-state index in [1.54, 1.807) is 16.7 Å². The number of amides is 1. The molecule has 0 aromatic heterocycles. The van der Waals surface area contributed by atoms with Crippen LogP contribution < -0.4 is 0 Å². The highest BCUT2D eigenvalue weighted by Crippen LogP contribution is 2.42. The summed E-state index contributed by atoms with van der Waals surface area (Å²) in [5.74, 6) is -0.481. The average Bonchev–Trinajstić information content (AvgIpc) is 2.60. The predicted molar refractivity (Wildman–Crippen MR) is 96.8 cm³/mol. The zero-order chi connectivity index (χ0) is 17.1. The van der Waals surface area contributed by atoms with E-state index in [-0.39, 0.29) is 24.5 Å². The molecule has 1 saturated carbocycles. The second kappa shape index (κ2) is 7.62. The molecule has 1 aliphatic heterocycles. The number of thioether (sulfide) groups is 1. The van der Waals surface area contributed by atoms with Crippen LogP contribution in [0.15, 0.2) is 29.2 Å². The van der Waals surface area contributed by atoms with Gasteiger partial charge in [0.1, 0.15) is 6.54 Å². The summed E-state index contributed by atoms with van der Waals surface area (Å²) in [6, 6.07) is 7.56. The molecular formula is C18H20ClNO3S. The standard InChI is InChI=1S/C18H20ClNO3S/c1-23-17(21)11-20-14-8-4-5-9-15(14)24-16(18(20)22)10-12-6-2-3-7-13(12)19/h2-3,6-7,10,14-15H,4-5,8-9,11H2,1H3/b16-10-. The molecule has 0 N–H and O–H groups in total. The molecule has 2 atom stereocenters. The van der Waals surface area contributed by atoms with Crippen LogP contribution in [0.5, 0.6) is 0 Å². The Morgan fingerprint density at radius 3 is 2.88 bits per heavy atom. The molecule has 6 heteroatoms. The van der Waals surface area contributed by atoms with Crippen molar-refractivity contribution in [1.29, 1.82) is 0 Å². The maximum Gasteiger partial charge on any atom is 0.325 e. The minimum absolute atomic E-state index is 0.0108. The first kappa shape index (κ1) is 17.4. The van der Waals surface area contributed by atoms with Gasteiger partial charge in [0.15, 0.2) is 0 Å². The Bertz CT molecular complexity index is 676. The number of hydrogen-bond donors (Lipinski definition) is 0. The van der Waals surface area contributed by atoms with E-state index in [4.69, 9.17) is 16.3 Å². The Kier molecular flexibility index (Phi) is 5.51. The average molecular weight is 366 g/mol. The van der Waals surface area contributed by atoms with Gasteiger partial charge in [0, 0.05) is 16.3 Å². The number of halogens is 1. The lowest BCUT2D eigenvalue weighted by atomic mass is 9.93. The lowest BCUT2D eigenvalue weighted by molar-refractivity contribution is -0.147. The van der Waals surface area contributed by atoms with Crippen LogP contribution in [0.25, 0.3) is 6.08 Å². The molecule has 1 amide bonds. The molecule has 0 radical (unpaired) electrons. The number of benzene rings is 1. The first-order valence-electron chi connectivity index (χ1n) is 8.11. The van der Waals surface area contributed by atoms with E-state index in [1.165, 1.54) is 7.11 Å². The third kappa shape index (κ3) is 3.62. The van der Waals surface area contributed by atoms with Crippen molar-refractivity contribution in [1.82, 2.24) is 4.90 Å². The molecule has 3 rings (SSSR count). The topological polar surface area (TPSA) is 46.6 Å². The van der Waals surface area contributed by atoms with Gasteiger partial charge in [-0.15, -0.1) is 11.8 Å². The van der Waals surface area contributed by atoms with Crippen LogP contribution in [0.3, 0.4) is 0 Å². The van der Waals surface area contributed by atoms with Crippen LogP contribution in [0.1, 0.15) is 31.2 Å². The quantitative estimate of drug-likeness (QED) is 0.604. The van der Waals surface area contributed by atoms with Crippen molar-refractivity contribution in [2.24, 2.45) is 0 Å². The number of carbonyl (C=O) groups is 2. The summed E-state index contributed by atoms with van der Waals surface area (Å²) in [5.41, 5.74) is 0.822. The highest BCUT2D eigenvalue weighted by molar-refractivity contribution is 8.04. The highest BCUT2D eigenvalue weighted by atomic mass is 35.5. The molecule has 4 nitrogen and oxygen atoms in total. The van der Waals surface area contributed by atoms with Crippen molar-refractivity contribution in [3.63, 3.8) is 0 Å². The van der Waals surface area contributed by atoms with Crippen molar-refractivity contribution in [2.75, 3.05) is 13.7 Å². The number of ether oxygens (including phenoxy) is 1. The molecule has 1 aliphatic carbocycles. The Hall–Kier alpha value is -1.46. The molecule has 1 aromatic carbocycles. The molecule has 2 aliphatic rings. The van der Waals surface area contributed by atoms with E-state index >= 15 is 0 Å². The molecular weight excluding hydrogens is 346 g/mol. The van der Waals surface area contributed by atoms with E-state index in [9.17, 15) is 9.59 Å². The third-order valence-corrected chi connectivity index (χ3v) is 6.28. The fourth-order valence-corrected chi connectivity index (χ4v) is 4.95. The largest absolute Gasteiger partial charge is 0.468 e. The van der Waals surface area contributed by atoms with E-state index in [0.29, 0.717) is 15.2 Å². The van der Waals surface area contributed by atoms with Gasteiger partial charge in [-0.05, 0) is 30.5 Å². The van der Waals surface area contributed by atoms with Crippen LogP contribution in [-0.4, -0.2) is 41.7 Å². The summed E-state index contributed by atoms with van der Waals surface area (Å²) in [7, 11) is 1.35. The molecule has 0 spiro atoms. The number of nitrogens with zero attached hydrogens (tertiary/aromatic N) is 1. The number of methoxy groups -OCH3 is 1. The van der Waals surface area contributed by atoms with Crippen LogP contribution in [0, 0.1) is 0 Å². The van der Waals surface area contributed by atoms with Crippen molar-refractivity contribution in [3.8, 4) is 0 Å². The Morgan fingerprint density at radius 2 is 2.12 bits per heavy atom. The highest BCUT2D eigenvalue weighted by Gasteiger charge is 2.41. The zero-order valence-corrected chi connectivity index (χ0v) is 15.1. The lowest BCUT2D eigenvalue weighted by Crippen LogP contribution is -2.53. The number of fused-ring (bicyclic) bond motifs is 1. The van der Waals surface area contributed by atoms with Crippen molar-refractivity contribution < 1.29 is 14.3 Å². The second-order valence-corrected chi connectivity index (χ2v) is 7.74. The van der Waals surface area contributed by atoms with Gasteiger partial charge in [-0.2, -0.15) is 0 Å². The molecule has 2 fully saturated rings. The Labute approximate surface area is 151 Å². The zero-order valence-electron chi connectivity index (χ0n) is 13.5. The molecule has 24 heavy (non-hydrogen) atoms. The van der Waals surface area contributed by atoms with Crippen LogP contribution in [-0.2, 0) is 14.3 Å². The van der Waals surface area contributed by atoms with Gasteiger partial charge >= 0.3 is 5.97 Å². The molecule has 1 heterocycles. The van der Waals surface area contributed by atoms with Crippen LogP contribution >= 0.6 is 23.4 Å². The van der Waals surface area contributed by atoms with Crippen molar-refractivity contribution in [3.05, 3.63) is 39.8 Å². The molecule has 1 saturated heterocycles. The van der Waals surface area contributed by atoms with E-state index in [1.807, 2.05) is 30.3 Å².